The van der Waals surface area contributed by atoms with E-state index in [1.165, 1.54) is 11.3 Å². The number of rotatable bonds is 4. The molecule has 21 heavy (non-hydrogen) atoms. The van der Waals surface area contributed by atoms with E-state index in [2.05, 4.69) is 17.1 Å². The van der Waals surface area contributed by atoms with E-state index in [0.717, 1.165) is 42.7 Å². The van der Waals surface area contributed by atoms with Crippen LogP contribution < -0.4 is 11.1 Å². The Balaban J connectivity index is 1.66. The molecule has 3 N–H and O–H groups in total. The van der Waals surface area contributed by atoms with Gasteiger partial charge in [0.25, 0.3) is 5.91 Å². The van der Waals surface area contributed by atoms with Gasteiger partial charge in [-0.25, -0.2) is 0 Å². The second-order valence-electron chi connectivity index (χ2n) is 5.60. The number of hydrogen-bond donors (Lipinski definition) is 2. The molecule has 0 spiro atoms. The minimum Gasteiger partial charge on any atom is -0.397 e. The molecule has 4 nitrogen and oxygen atoms in total. The fourth-order valence-electron chi connectivity index (χ4n) is 2.92. The highest BCUT2D eigenvalue weighted by atomic mass is 32.1. The van der Waals surface area contributed by atoms with Crippen LogP contribution >= 0.6 is 11.3 Å². The average Bonchev–Trinajstić information content (AvgIpc) is 3.10. The number of anilines is 1. The predicted octanol–water partition coefficient (Wildman–Crippen LogP) is 2.56. The molecule has 112 valence electrons. The van der Waals surface area contributed by atoms with E-state index in [4.69, 9.17) is 5.73 Å². The summed E-state index contributed by atoms with van der Waals surface area (Å²) in [7, 11) is 0. The number of hydrogen-bond acceptors (Lipinski definition) is 4. The molecule has 2 aromatic rings. The van der Waals surface area contributed by atoms with E-state index < -0.39 is 0 Å². The van der Waals surface area contributed by atoms with Gasteiger partial charge in [-0.3, -0.25) is 4.79 Å². The molecule has 0 bridgehead atoms. The van der Waals surface area contributed by atoms with Crippen molar-refractivity contribution in [1.82, 2.24) is 10.2 Å². The van der Waals surface area contributed by atoms with Crippen LogP contribution in [0.5, 0.6) is 0 Å². The lowest BCUT2D eigenvalue weighted by Crippen LogP contribution is -2.30. The van der Waals surface area contributed by atoms with E-state index in [9.17, 15) is 4.79 Å². The first-order valence-corrected chi connectivity index (χ1v) is 8.28. The van der Waals surface area contributed by atoms with Gasteiger partial charge in [0.05, 0.1) is 5.69 Å². The second kappa shape index (κ2) is 6.03. The Labute approximate surface area is 128 Å². The van der Waals surface area contributed by atoms with Crippen molar-refractivity contribution < 1.29 is 4.79 Å². The van der Waals surface area contributed by atoms with Crippen LogP contribution in [-0.2, 0) is 0 Å². The average molecular weight is 303 g/mol. The van der Waals surface area contributed by atoms with Gasteiger partial charge in [0.15, 0.2) is 0 Å². The Kier molecular flexibility index (Phi) is 4.12. The van der Waals surface area contributed by atoms with E-state index in [1.54, 1.807) is 0 Å². The van der Waals surface area contributed by atoms with E-state index in [0.29, 0.717) is 16.5 Å². The molecule has 5 heteroatoms. The summed E-state index contributed by atoms with van der Waals surface area (Å²) in [6, 6.07) is 7.89. The van der Waals surface area contributed by atoms with Crippen LogP contribution in [0.3, 0.4) is 0 Å². The van der Waals surface area contributed by atoms with Gasteiger partial charge in [0.2, 0.25) is 0 Å². The highest BCUT2D eigenvalue weighted by Crippen LogP contribution is 2.33. The second-order valence-corrected chi connectivity index (χ2v) is 6.65. The van der Waals surface area contributed by atoms with Crippen molar-refractivity contribution in [1.29, 1.82) is 0 Å². The van der Waals surface area contributed by atoms with Crippen LogP contribution in [0.2, 0.25) is 0 Å². The Morgan fingerprint density at radius 2 is 2.29 bits per heavy atom. The van der Waals surface area contributed by atoms with Crippen molar-refractivity contribution in [3.05, 3.63) is 29.1 Å². The zero-order valence-corrected chi connectivity index (χ0v) is 13.1. The Hall–Kier alpha value is -1.59. The Morgan fingerprint density at radius 1 is 1.48 bits per heavy atom. The topological polar surface area (TPSA) is 58.4 Å². The smallest absolute Gasteiger partial charge is 0.263 e. The molecular formula is C16H21N3OS. The third-order valence-corrected chi connectivity index (χ3v) is 5.39. The van der Waals surface area contributed by atoms with E-state index in [-0.39, 0.29) is 5.91 Å². The molecule has 1 aromatic heterocycles. The quantitative estimate of drug-likeness (QED) is 0.912. The summed E-state index contributed by atoms with van der Waals surface area (Å²) in [4.78, 5) is 15.4. The van der Waals surface area contributed by atoms with Gasteiger partial charge in [-0.2, -0.15) is 0 Å². The maximum Gasteiger partial charge on any atom is 0.263 e. The van der Waals surface area contributed by atoms with Crippen LogP contribution in [0.15, 0.2) is 24.3 Å². The maximum atomic E-state index is 12.3. The van der Waals surface area contributed by atoms with Crippen LogP contribution in [0, 0.1) is 5.92 Å². The highest BCUT2D eigenvalue weighted by molar-refractivity contribution is 7.21. The Bertz CT molecular complexity index is 652. The monoisotopic (exact) mass is 303 g/mol. The number of benzene rings is 1. The molecule has 3 rings (SSSR count). The first-order valence-electron chi connectivity index (χ1n) is 7.46. The molecule has 1 aromatic carbocycles. The van der Waals surface area contributed by atoms with E-state index >= 15 is 0 Å². The van der Waals surface area contributed by atoms with Crippen LogP contribution in [0.25, 0.3) is 10.1 Å². The minimum absolute atomic E-state index is 0.0383. The summed E-state index contributed by atoms with van der Waals surface area (Å²) in [5.41, 5.74) is 6.71. The summed E-state index contributed by atoms with van der Waals surface area (Å²) in [6.45, 7) is 6.23. The summed E-state index contributed by atoms with van der Waals surface area (Å²) in [6.07, 6.45) is 1.16. The van der Waals surface area contributed by atoms with Crippen LogP contribution in [-0.4, -0.2) is 37.0 Å². The number of likely N-dealkylation sites (tertiary alicyclic amines) is 1. The third kappa shape index (κ3) is 2.89. The lowest BCUT2D eigenvalue weighted by atomic mass is 10.1. The number of carbonyl (C=O) groups is 1. The van der Waals surface area contributed by atoms with E-state index in [1.807, 2.05) is 24.3 Å². The summed E-state index contributed by atoms with van der Waals surface area (Å²) < 4.78 is 1.07. The first kappa shape index (κ1) is 14.4. The molecule has 1 atom stereocenters. The Morgan fingerprint density at radius 3 is 3.00 bits per heavy atom. The maximum absolute atomic E-state index is 12.3. The zero-order chi connectivity index (χ0) is 14.8. The summed E-state index contributed by atoms with van der Waals surface area (Å²) in [5, 5.41) is 4.03. The van der Waals surface area contributed by atoms with Crippen molar-refractivity contribution in [2.24, 2.45) is 5.92 Å². The molecule has 0 radical (unpaired) electrons. The number of thiophene rings is 1. The lowest BCUT2D eigenvalue weighted by molar-refractivity contribution is 0.0952. The lowest BCUT2D eigenvalue weighted by Gasteiger charge is -2.13. The first-order chi connectivity index (χ1) is 10.2. The molecule has 1 aliphatic heterocycles. The number of fused-ring (bicyclic) bond motifs is 1. The van der Waals surface area contributed by atoms with Gasteiger partial charge < -0.3 is 16.0 Å². The van der Waals surface area contributed by atoms with Crippen LogP contribution in [0.1, 0.15) is 23.0 Å². The van der Waals surface area contributed by atoms with Crippen molar-refractivity contribution in [2.75, 3.05) is 31.9 Å². The molecule has 0 aliphatic carbocycles. The molecule has 1 fully saturated rings. The van der Waals surface area contributed by atoms with Gasteiger partial charge in [0, 0.05) is 23.2 Å². The third-order valence-electron chi connectivity index (χ3n) is 4.21. The number of nitrogens with zero attached hydrogens (tertiary/aromatic N) is 1. The zero-order valence-electron chi connectivity index (χ0n) is 12.3. The fourth-order valence-corrected chi connectivity index (χ4v) is 3.96. The predicted molar refractivity (Wildman–Crippen MR) is 88.8 cm³/mol. The molecule has 1 unspecified atom stereocenters. The number of nitrogen functional groups attached to an aromatic ring is 1. The molecular weight excluding hydrogens is 282 g/mol. The normalized spacial score (nSPS) is 19.2. The van der Waals surface area contributed by atoms with Crippen molar-refractivity contribution in [2.45, 2.75) is 13.3 Å². The molecule has 1 aliphatic rings. The largest absolute Gasteiger partial charge is 0.397 e. The van der Waals surface area contributed by atoms with Gasteiger partial charge in [0.1, 0.15) is 4.88 Å². The number of nitrogens with two attached hydrogens (primary N) is 1. The van der Waals surface area contributed by atoms with Gasteiger partial charge in [-0.15, -0.1) is 11.3 Å². The molecule has 2 heterocycles. The van der Waals surface area contributed by atoms with Gasteiger partial charge in [-0.1, -0.05) is 25.1 Å². The van der Waals surface area contributed by atoms with Crippen molar-refractivity contribution in [3.63, 3.8) is 0 Å². The number of nitrogens with one attached hydrogen (secondary N) is 1. The van der Waals surface area contributed by atoms with Crippen molar-refractivity contribution >= 4 is 33.0 Å². The fraction of sp³-hybridized carbons (Fsp3) is 0.438. The molecule has 1 amide bonds. The molecule has 0 saturated carbocycles. The highest BCUT2D eigenvalue weighted by Gasteiger charge is 2.22. The number of amides is 1. The van der Waals surface area contributed by atoms with Crippen LogP contribution in [0.4, 0.5) is 5.69 Å². The van der Waals surface area contributed by atoms with Gasteiger partial charge in [-0.05, 0) is 31.5 Å². The van der Waals surface area contributed by atoms with Gasteiger partial charge >= 0.3 is 0 Å². The minimum atomic E-state index is -0.0383. The summed E-state index contributed by atoms with van der Waals surface area (Å²) in [5.74, 6) is 0.521. The standard InChI is InChI=1S/C16H21N3OS/c1-2-19-8-7-11(10-19)9-18-16(20)15-14(17)12-5-3-4-6-13(12)21-15/h3-6,11H,2,7-10,17H2,1H3,(H,18,20). The number of carbonyl (C=O) groups excluding carboxylic acids is 1. The summed E-state index contributed by atoms with van der Waals surface area (Å²) >= 11 is 1.47. The van der Waals surface area contributed by atoms with Crippen molar-refractivity contribution in [3.8, 4) is 0 Å². The SMILES string of the molecule is CCN1CCC(CNC(=O)c2sc3ccccc3c2N)C1. The molecule has 1 saturated heterocycles.